The summed E-state index contributed by atoms with van der Waals surface area (Å²) in [5.41, 5.74) is 9.46. The summed E-state index contributed by atoms with van der Waals surface area (Å²) in [7, 11) is 0. The second-order valence-electron chi connectivity index (χ2n) is 5.67. The topological polar surface area (TPSA) is 46.3 Å². The summed E-state index contributed by atoms with van der Waals surface area (Å²) in [6.45, 7) is 7.95. The zero-order valence-corrected chi connectivity index (χ0v) is 12.2. The molecular formula is C16H24N2O. The number of rotatable bonds is 2. The molecular weight excluding hydrogens is 236 g/mol. The molecule has 0 bridgehead atoms. The Morgan fingerprint density at radius 3 is 2.47 bits per heavy atom. The van der Waals surface area contributed by atoms with Crippen LogP contribution in [0.3, 0.4) is 0 Å². The van der Waals surface area contributed by atoms with Crippen LogP contribution in [0.1, 0.15) is 47.7 Å². The summed E-state index contributed by atoms with van der Waals surface area (Å²) in [4.78, 5) is 14.5. The van der Waals surface area contributed by atoms with E-state index in [1.165, 1.54) is 6.42 Å². The number of anilines is 1. The van der Waals surface area contributed by atoms with Gasteiger partial charge in [-0.2, -0.15) is 0 Å². The van der Waals surface area contributed by atoms with E-state index in [1.54, 1.807) is 0 Å². The van der Waals surface area contributed by atoms with Crippen LogP contribution in [-0.2, 0) is 0 Å². The number of aryl methyl sites for hydroxylation is 2. The number of benzene rings is 1. The summed E-state index contributed by atoms with van der Waals surface area (Å²) in [6.07, 6.45) is 3.48. The van der Waals surface area contributed by atoms with Gasteiger partial charge in [0, 0.05) is 24.3 Å². The molecule has 0 spiro atoms. The van der Waals surface area contributed by atoms with E-state index in [1.807, 2.05) is 30.9 Å². The van der Waals surface area contributed by atoms with E-state index in [0.29, 0.717) is 5.69 Å². The normalized spacial score (nSPS) is 16.7. The fourth-order valence-electron chi connectivity index (χ4n) is 2.81. The van der Waals surface area contributed by atoms with E-state index >= 15 is 0 Å². The van der Waals surface area contributed by atoms with Gasteiger partial charge in [0.1, 0.15) is 0 Å². The van der Waals surface area contributed by atoms with Crippen molar-refractivity contribution in [1.29, 1.82) is 0 Å². The molecule has 1 heterocycles. The molecule has 1 saturated heterocycles. The fraction of sp³-hybridized carbons (Fsp3) is 0.562. The van der Waals surface area contributed by atoms with Gasteiger partial charge in [-0.1, -0.05) is 19.4 Å². The van der Waals surface area contributed by atoms with Gasteiger partial charge in [-0.3, -0.25) is 4.79 Å². The van der Waals surface area contributed by atoms with Crippen LogP contribution < -0.4 is 5.73 Å². The number of hydrogen-bond donors (Lipinski definition) is 1. The number of carbonyl (C=O) groups is 1. The molecule has 3 heteroatoms. The van der Waals surface area contributed by atoms with E-state index in [2.05, 4.69) is 6.92 Å². The lowest BCUT2D eigenvalue weighted by Crippen LogP contribution is -2.38. The molecule has 1 aromatic carbocycles. The van der Waals surface area contributed by atoms with Crippen LogP contribution >= 0.6 is 0 Å². The molecule has 104 valence electrons. The Morgan fingerprint density at radius 1 is 1.26 bits per heavy atom. The zero-order valence-electron chi connectivity index (χ0n) is 12.2. The van der Waals surface area contributed by atoms with Crippen LogP contribution in [0, 0.1) is 19.8 Å². The monoisotopic (exact) mass is 260 g/mol. The highest BCUT2D eigenvalue weighted by Gasteiger charge is 2.23. The SMILES string of the molecule is CCC1CCN(C(=O)c2cc(N)c(C)cc2C)CC1. The van der Waals surface area contributed by atoms with Crippen molar-refractivity contribution in [3.63, 3.8) is 0 Å². The minimum Gasteiger partial charge on any atom is -0.398 e. The maximum absolute atomic E-state index is 12.5. The first-order valence-corrected chi connectivity index (χ1v) is 7.19. The quantitative estimate of drug-likeness (QED) is 0.830. The summed E-state index contributed by atoms with van der Waals surface area (Å²) in [5, 5.41) is 0. The Hall–Kier alpha value is -1.51. The molecule has 19 heavy (non-hydrogen) atoms. The molecule has 1 aliphatic rings. The summed E-state index contributed by atoms with van der Waals surface area (Å²) in [5.74, 6) is 0.923. The highest BCUT2D eigenvalue weighted by Crippen LogP contribution is 2.24. The van der Waals surface area contributed by atoms with E-state index in [0.717, 1.165) is 48.5 Å². The van der Waals surface area contributed by atoms with Crippen molar-refractivity contribution < 1.29 is 4.79 Å². The molecule has 3 nitrogen and oxygen atoms in total. The molecule has 1 aliphatic heterocycles. The first-order chi connectivity index (χ1) is 9.02. The van der Waals surface area contributed by atoms with Crippen molar-refractivity contribution in [3.05, 3.63) is 28.8 Å². The molecule has 0 atom stereocenters. The number of nitrogens with two attached hydrogens (primary N) is 1. The molecule has 2 rings (SSSR count). The van der Waals surface area contributed by atoms with Crippen LogP contribution in [0.25, 0.3) is 0 Å². The Morgan fingerprint density at radius 2 is 1.89 bits per heavy atom. The van der Waals surface area contributed by atoms with Crippen LogP contribution in [0.2, 0.25) is 0 Å². The maximum Gasteiger partial charge on any atom is 0.254 e. The van der Waals surface area contributed by atoms with E-state index in [9.17, 15) is 4.79 Å². The summed E-state index contributed by atoms with van der Waals surface area (Å²) >= 11 is 0. The Bertz CT molecular complexity index is 474. The highest BCUT2D eigenvalue weighted by atomic mass is 16.2. The van der Waals surface area contributed by atoms with E-state index in [-0.39, 0.29) is 5.91 Å². The molecule has 0 unspecified atom stereocenters. The van der Waals surface area contributed by atoms with Gasteiger partial charge in [0.15, 0.2) is 0 Å². The third-order valence-corrected chi connectivity index (χ3v) is 4.32. The first-order valence-electron chi connectivity index (χ1n) is 7.19. The molecule has 1 amide bonds. The smallest absolute Gasteiger partial charge is 0.254 e. The van der Waals surface area contributed by atoms with Gasteiger partial charge in [-0.25, -0.2) is 0 Å². The second-order valence-corrected chi connectivity index (χ2v) is 5.67. The van der Waals surface area contributed by atoms with Gasteiger partial charge in [0.2, 0.25) is 0 Å². The largest absolute Gasteiger partial charge is 0.398 e. The molecule has 0 radical (unpaired) electrons. The van der Waals surface area contributed by atoms with Gasteiger partial charge in [0.25, 0.3) is 5.91 Å². The van der Waals surface area contributed by atoms with Gasteiger partial charge in [-0.15, -0.1) is 0 Å². The Balaban J connectivity index is 2.14. The van der Waals surface area contributed by atoms with Gasteiger partial charge in [-0.05, 0) is 49.8 Å². The van der Waals surface area contributed by atoms with Crippen molar-refractivity contribution in [2.45, 2.75) is 40.0 Å². The first kappa shape index (κ1) is 13.9. The predicted molar refractivity (Wildman–Crippen MR) is 79.2 cm³/mol. The lowest BCUT2D eigenvalue weighted by Gasteiger charge is -2.32. The van der Waals surface area contributed by atoms with Crippen molar-refractivity contribution in [2.75, 3.05) is 18.8 Å². The third-order valence-electron chi connectivity index (χ3n) is 4.32. The van der Waals surface area contributed by atoms with Crippen LogP contribution in [0.4, 0.5) is 5.69 Å². The molecule has 0 saturated carbocycles. The Labute approximate surface area is 115 Å². The van der Waals surface area contributed by atoms with Crippen molar-refractivity contribution in [1.82, 2.24) is 4.90 Å². The zero-order chi connectivity index (χ0) is 14.0. The number of carbonyl (C=O) groups excluding carboxylic acids is 1. The molecule has 2 N–H and O–H groups in total. The minimum absolute atomic E-state index is 0.138. The lowest BCUT2D eigenvalue weighted by atomic mass is 9.93. The average Bonchev–Trinajstić information content (AvgIpc) is 2.42. The number of likely N-dealkylation sites (tertiary alicyclic amines) is 1. The van der Waals surface area contributed by atoms with E-state index in [4.69, 9.17) is 5.73 Å². The summed E-state index contributed by atoms with van der Waals surface area (Å²) in [6, 6.07) is 3.83. The third kappa shape index (κ3) is 2.91. The molecule has 0 aliphatic carbocycles. The van der Waals surface area contributed by atoms with Crippen molar-refractivity contribution in [3.8, 4) is 0 Å². The number of hydrogen-bond acceptors (Lipinski definition) is 2. The van der Waals surface area contributed by atoms with Crippen LogP contribution in [-0.4, -0.2) is 23.9 Å². The number of piperidine rings is 1. The van der Waals surface area contributed by atoms with Crippen molar-refractivity contribution >= 4 is 11.6 Å². The summed E-state index contributed by atoms with van der Waals surface area (Å²) < 4.78 is 0. The number of amides is 1. The van der Waals surface area contributed by atoms with Gasteiger partial charge < -0.3 is 10.6 Å². The standard InChI is InChI=1S/C16H24N2O/c1-4-13-5-7-18(8-6-13)16(19)14-10-15(17)12(3)9-11(14)2/h9-10,13H,4-8,17H2,1-3H3. The van der Waals surface area contributed by atoms with Crippen LogP contribution in [0.15, 0.2) is 12.1 Å². The average molecular weight is 260 g/mol. The molecule has 1 fully saturated rings. The predicted octanol–water partition coefficient (Wildman–Crippen LogP) is 3.15. The number of nitrogen functional groups attached to an aromatic ring is 1. The maximum atomic E-state index is 12.5. The van der Waals surface area contributed by atoms with Gasteiger partial charge in [0.05, 0.1) is 0 Å². The fourth-order valence-corrected chi connectivity index (χ4v) is 2.81. The molecule has 1 aromatic rings. The lowest BCUT2D eigenvalue weighted by molar-refractivity contribution is 0.0688. The van der Waals surface area contributed by atoms with Crippen LogP contribution in [0.5, 0.6) is 0 Å². The van der Waals surface area contributed by atoms with Crippen molar-refractivity contribution in [2.24, 2.45) is 5.92 Å². The minimum atomic E-state index is 0.138. The van der Waals surface area contributed by atoms with Gasteiger partial charge >= 0.3 is 0 Å². The second kappa shape index (κ2) is 5.64. The molecule has 0 aromatic heterocycles. The number of nitrogens with zero attached hydrogens (tertiary/aromatic N) is 1. The highest BCUT2D eigenvalue weighted by molar-refractivity contribution is 5.96. The Kier molecular flexibility index (Phi) is 4.13. The van der Waals surface area contributed by atoms with E-state index < -0.39 is 0 Å².